The van der Waals surface area contributed by atoms with Crippen molar-refractivity contribution in [2.24, 2.45) is 0 Å². The summed E-state index contributed by atoms with van der Waals surface area (Å²) in [6.07, 6.45) is 0. The predicted molar refractivity (Wildman–Crippen MR) is 161 cm³/mol. The zero-order chi connectivity index (χ0) is 24.7. The van der Waals surface area contributed by atoms with E-state index in [0.29, 0.717) is 0 Å². The molecule has 0 nitrogen and oxygen atoms in total. The van der Waals surface area contributed by atoms with E-state index >= 15 is 0 Å². The van der Waals surface area contributed by atoms with Gasteiger partial charge in [-0.2, -0.15) is 0 Å². The summed E-state index contributed by atoms with van der Waals surface area (Å²) in [5.74, 6) is 0. The standard InChI is InChI=1S/3C12H10.Ge/c3*1-3-7-11(8-4-1)12-9-5-2-6-10-12;/h3*1-10H;. The van der Waals surface area contributed by atoms with Crippen molar-refractivity contribution in [3.8, 4) is 33.4 Å². The van der Waals surface area contributed by atoms with Crippen molar-refractivity contribution in [2.75, 3.05) is 0 Å². The molecule has 0 heterocycles. The second kappa shape index (κ2) is 15.8. The molecule has 0 saturated heterocycles. The van der Waals surface area contributed by atoms with Gasteiger partial charge in [0.25, 0.3) is 0 Å². The summed E-state index contributed by atoms with van der Waals surface area (Å²) in [5, 5.41) is 0. The predicted octanol–water partition coefficient (Wildman–Crippen LogP) is 9.68. The summed E-state index contributed by atoms with van der Waals surface area (Å²) in [6, 6.07) is 62.3. The Morgan fingerprint density at radius 2 is 0.270 bits per heavy atom. The van der Waals surface area contributed by atoms with Gasteiger partial charge in [0.2, 0.25) is 0 Å². The van der Waals surface area contributed by atoms with E-state index in [1.54, 1.807) is 0 Å². The fraction of sp³-hybridized carbons (Fsp3) is 0. The first-order chi connectivity index (χ1) is 17.9. The van der Waals surface area contributed by atoms with Gasteiger partial charge in [-0.25, -0.2) is 0 Å². The fourth-order valence-electron chi connectivity index (χ4n) is 3.78. The monoisotopic (exact) mass is 536 g/mol. The number of hydrogen-bond donors (Lipinski definition) is 0. The van der Waals surface area contributed by atoms with Crippen LogP contribution in [0, 0.1) is 0 Å². The third-order valence-corrected chi connectivity index (χ3v) is 5.64. The second-order valence-electron chi connectivity index (χ2n) is 8.20. The third-order valence-electron chi connectivity index (χ3n) is 5.64. The first-order valence-corrected chi connectivity index (χ1v) is 12.2. The van der Waals surface area contributed by atoms with Crippen molar-refractivity contribution < 1.29 is 0 Å². The quantitative estimate of drug-likeness (QED) is 0.198. The van der Waals surface area contributed by atoms with Crippen molar-refractivity contribution in [3.05, 3.63) is 182 Å². The zero-order valence-electron chi connectivity index (χ0n) is 20.8. The molecule has 0 unspecified atom stereocenters. The maximum Gasteiger partial charge on any atom is 0 e. The van der Waals surface area contributed by atoms with Crippen LogP contribution in [0.4, 0.5) is 0 Å². The Labute approximate surface area is 232 Å². The van der Waals surface area contributed by atoms with Crippen molar-refractivity contribution in [2.45, 2.75) is 0 Å². The molecule has 4 radical (unpaired) electrons. The molecule has 0 N–H and O–H groups in total. The van der Waals surface area contributed by atoms with Gasteiger partial charge >= 0.3 is 0 Å². The van der Waals surface area contributed by atoms with Crippen LogP contribution >= 0.6 is 0 Å². The van der Waals surface area contributed by atoms with Crippen LogP contribution in [0.2, 0.25) is 0 Å². The minimum absolute atomic E-state index is 0. The Morgan fingerprint density at radius 1 is 0.162 bits per heavy atom. The van der Waals surface area contributed by atoms with Crippen molar-refractivity contribution in [1.29, 1.82) is 0 Å². The first kappa shape index (κ1) is 27.5. The molecule has 0 amide bonds. The Hall–Kier alpha value is -4.14. The molecule has 37 heavy (non-hydrogen) atoms. The third kappa shape index (κ3) is 9.11. The summed E-state index contributed by atoms with van der Waals surface area (Å²) in [6.45, 7) is 0. The van der Waals surface area contributed by atoms with E-state index in [-0.39, 0.29) is 17.6 Å². The molecule has 0 aromatic heterocycles. The first-order valence-electron chi connectivity index (χ1n) is 12.2. The molecule has 6 rings (SSSR count). The topological polar surface area (TPSA) is 0 Å². The Kier molecular flexibility index (Phi) is 11.7. The number of rotatable bonds is 3. The average molecular weight is 535 g/mol. The van der Waals surface area contributed by atoms with Crippen molar-refractivity contribution >= 4 is 17.6 Å². The molecule has 0 fully saturated rings. The Balaban J connectivity index is 0.000000152. The average Bonchev–Trinajstić information content (AvgIpc) is 3.01. The normalized spacial score (nSPS) is 9.41. The van der Waals surface area contributed by atoms with Gasteiger partial charge in [-0.1, -0.05) is 182 Å². The zero-order valence-corrected chi connectivity index (χ0v) is 22.9. The molecule has 0 aliphatic rings. The Morgan fingerprint density at radius 3 is 0.378 bits per heavy atom. The van der Waals surface area contributed by atoms with Crippen LogP contribution in [0.3, 0.4) is 0 Å². The van der Waals surface area contributed by atoms with Gasteiger partial charge in [-0.3, -0.25) is 0 Å². The van der Waals surface area contributed by atoms with Crippen LogP contribution in [-0.2, 0) is 0 Å². The van der Waals surface area contributed by atoms with E-state index in [0.717, 1.165) is 0 Å². The SMILES string of the molecule is [Ge].c1ccc(-c2ccccc2)cc1.c1ccc(-c2ccccc2)cc1.c1ccc(-c2ccccc2)cc1. The molecule has 0 aliphatic heterocycles. The molecule has 0 aliphatic carbocycles. The van der Waals surface area contributed by atoms with Crippen LogP contribution in [-0.4, -0.2) is 17.6 Å². The summed E-state index contributed by atoms with van der Waals surface area (Å²) >= 11 is 0. The van der Waals surface area contributed by atoms with Gasteiger partial charge in [-0.05, 0) is 33.4 Å². The van der Waals surface area contributed by atoms with E-state index in [4.69, 9.17) is 0 Å². The summed E-state index contributed by atoms with van der Waals surface area (Å²) in [4.78, 5) is 0. The van der Waals surface area contributed by atoms with E-state index < -0.39 is 0 Å². The number of hydrogen-bond acceptors (Lipinski definition) is 0. The van der Waals surface area contributed by atoms with Gasteiger partial charge in [0.1, 0.15) is 0 Å². The van der Waals surface area contributed by atoms with E-state index in [9.17, 15) is 0 Å². The van der Waals surface area contributed by atoms with E-state index in [2.05, 4.69) is 146 Å². The summed E-state index contributed by atoms with van der Waals surface area (Å²) in [7, 11) is 0. The van der Waals surface area contributed by atoms with E-state index in [1.165, 1.54) is 33.4 Å². The Bertz CT molecular complexity index is 1080. The van der Waals surface area contributed by atoms with Gasteiger partial charge in [0.05, 0.1) is 0 Å². The van der Waals surface area contributed by atoms with Crippen LogP contribution in [0.1, 0.15) is 0 Å². The second-order valence-corrected chi connectivity index (χ2v) is 8.20. The maximum atomic E-state index is 2.12. The van der Waals surface area contributed by atoms with Crippen LogP contribution < -0.4 is 0 Å². The molecule has 0 atom stereocenters. The molecular weight excluding hydrogens is 505 g/mol. The van der Waals surface area contributed by atoms with Crippen molar-refractivity contribution in [1.82, 2.24) is 0 Å². The van der Waals surface area contributed by atoms with Gasteiger partial charge in [0.15, 0.2) is 0 Å². The van der Waals surface area contributed by atoms with E-state index in [1.807, 2.05) is 36.4 Å². The maximum absolute atomic E-state index is 2.12. The van der Waals surface area contributed by atoms with Gasteiger partial charge in [-0.15, -0.1) is 0 Å². The summed E-state index contributed by atoms with van der Waals surface area (Å²) in [5.41, 5.74) is 7.66. The molecule has 0 spiro atoms. The van der Waals surface area contributed by atoms with Crippen molar-refractivity contribution in [3.63, 3.8) is 0 Å². The fourth-order valence-corrected chi connectivity index (χ4v) is 3.78. The van der Waals surface area contributed by atoms with Gasteiger partial charge < -0.3 is 0 Å². The largest absolute Gasteiger partial charge is 0.0622 e. The molecule has 0 bridgehead atoms. The number of benzene rings is 6. The minimum atomic E-state index is 0. The molecular formula is C36H30Ge. The molecule has 6 aromatic carbocycles. The van der Waals surface area contributed by atoms with Crippen LogP contribution in [0.25, 0.3) is 33.4 Å². The van der Waals surface area contributed by atoms with Crippen LogP contribution in [0.5, 0.6) is 0 Å². The smallest absolute Gasteiger partial charge is 0 e. The van der Waals surface area contributed by atoms with Gasteiger partial charge in [0, 0.05) is 17.6 Å². The minimum Gasteiger partial charge on any atom is -0.0622 e. The molecule has 178 valence electrons. The summed E-state index contributed by atoms with van der Waals surface area (Å²) < 4.78 is 0. The molecule has 0 saturated carbocycles. The molecule has 1 heteroatoms. The van der Waals surface area contributed by atoms with Crippen LogP contribution in [0.15, 0.2) is 182 Å². The molecule has 6 aromatic rings.